The van der Waals surface area contributed by atoms with Gasteiger partial charge in [-0.25, -0.2) is 0 Å². The second kappa shape index (κ2) is 9.13. The van der Waals surface area contributed by atoms with Gasteiger partial charge in [-0.05, 0) is 74.8 Å². The topological polar surface area (TPSA) is 66.8 Å². The van der Waals surface area contributed by atoms with Gasteiger partial charge in [0, 0.05) is 14.5 Å². The van der Waals surface area contributed by atoms with E-state index in [-0.39, 0.29) is 5.75 Å². The molecule has 3 aromatic carbocycles. The summed E-state index contributed by atoms with van der Waals surface area (Å²) in [6.45, 7) is 0. The van der Waals surface area contributed by atoms with E-state index >= 15 is 0 Å². The lowest BCUT2D eigenvalue weighted by atomic mass is 9.80. The molecule has 1 unspecified atom stereocenters. The van der Waals surface area contributed by atoms with Gasteiger partial charge in [0.1, 0.15) is 5.75 Å². The molecule has 0 aliphatic heterocycles. The Morgan fingerprint density at radius 2 is 1.14 bits per heavy atom. The molecule has 0 radical (unpaired) electrons. The van der Waals surface area contributed by atoms with Gasteiger partial charge < -0.3 is 10.00 Å². The summed E-state index contributed by atoms with van der Waals surface area (Å²) in [5.41, 5.74) is 0.400. The number of hydrogen-bond acceptors (Lipinski definition) is 3. The van der Waals surface area contributed by atoms with Crippen molar-refractivity contribution in [3.05, 3.63) is 95.2 Å². The highest BCUT2D eigenvalue weighted by atomic mass is 79.9. The van der Waals surface area contributed by atoms with E-state index in [0.29, 0.717) is 34.6 Å². The number of rotatable bonds is 5. The van der Waals surface area contributed by atoms with Crippen LogP contribution >= 0.6 is 72.0 Å². The Labute approximate surface area is 196 Å². The van der Waals surface area contributed by atoms with Crippen LogP contribution in [0.4, 0.5) is 0 Å². The van der Waals surface area contributed by atoms with Crippen molar-refractivity contribution in [3.8, 4) is 5.75 Å². The molecule has 3 aromatic rings. The van der Waals surface area contributed by atoms with Gasteiger partial charge >= 0.3 is 8.25 Å². The number of benzene rings is 3. The zero-order chi connectivity index (χ0) is 20.5. The van der Waals surface area contributed by atoms with Crippen LogP contribution in [0.2, 0.25) is 0 Å². The minimum atomic E-state index is -3.39. The van der Waals surface area contributed by atoms with Crippen LogP contribution in [0, 0.1) is 0 Å². The standard InChI is InChI=1S/C19H13Br4O4P/c20-14-13(15(21)17(23)18(24)16(14)22)19(27-28(25)26,11-7-3-1-4-8-11)12-9-5-2-6-10-12/h1-10,24,28H,(H,25,26). The zero-order valence-electron chi connectivity index (χ0n) is 14.0. The molecule has 0 fully saturated rings. The van der Waals surface area contributed by atoms with Crippen molar-refractivity contribution in [3.63, 3.8) is 0 Å². The van der Waals surface area contributed by atoms with Crippen molar-refractivity contribution in [1.82, 2.24) is 0 Å². The summed E-state index contributed by atoms with van der Waals surface area (Å²) in [6.07, 6.45) is 0. The third-order valence-corrected chi connectivity index (χ3v) is 8.87. The van der Waals surface area contributed by atoms with Crippen molar-refractivity contribution in [2.24, 2.45) is 0 Å². The molecule has 0 saturated carbocycles. The molecule has 9 heteroatoms. The molecule has 28 heavy (non-hydrogen) atoms. The summed E-state index contributed by atoms with van der Waals surface area (Å²) in [6, 6.07) is 18.3. The molecular formula is C19H13Br4O4P. The number of halogens is 4. The van der Waals surface area contributed by atoms with Gasteiger partial charge in [-0.3, -0.25) is 9.09 Å². The molecule has 0 amide bonds. The summed E-state index contributed by atoms with van der Waals surface area (Å²) in [5, 5.41) is 10.4. The second-order valence-electron chi connectivity index (χ2n) is 5.76. The molecule has 0 saturated heterocycles. The lowest BCUT2D eigenvalue weighted by Crippen LogP contribution is -2.32. The summed E-state index contributed by atoms with van der Waals surface area (Å²) in [5.74, 6) is -0.0193. The van der Waals surface area contributed by atoms with Gasteiger partial charge in [-0.2, -0.15) is 0 Å². The number of phenolic OH excluding ortho intramolecular Hbond substituents is 1. The van der Waals surface area contributed by atoms with Gasteiger partial charge in [0.25, 0.3) is 0 Å². The monoisotopic (exact) mass is 652 g/mol. The Kier molecular flexibility index (Phi) is 7.24. The fraction of sp³-hybridized carbons (Fsp3) is 0.0526. The smallest absolute Gasteiger partial charge is 0.318 e. The van der Waals surface area contributed by atoms with E-state index in [1.165, 1.54) is 0 Å². The molecular weight excluding hydrogens is 643 g/mol. The Morgan fingerprint density at radius 1 is 0.750 bits per heavy atom. The van der Waals surface area contributed by atoms with E-state index in [1.807, 2.05) is 60.7 Å². The van der Waals surface area contributed by atoms with E-state index in [4.69, 9.17) is 4.52 Å². The van der Waals surface area contributed by atoms with Crippen LogP contribution in [0.3, 0.4) is 0 Å². The fourth-order valence-electron chi connectivity index (χ4n) is 3.03. The van der Waals surface area contributed by atoms with Crippen LogP contribution in [0.5, 0.6) is 5.75 Å². The molecule has 0 aliphatic carbocycles. The summed E-state index contributed by atoms with van der Waals surface area (Å²) >= 11 is 13.8. The van der Waals surface area contributed by atoms with Gasteiger partial charge in [-0.15, -0.1) is 0 Å². The molecule has 2 N–H and O–H groups in total. The summed E-state index contributed by atoms with van der Waals surface area (Å²) in [4.78, 5) is 9.87. The van der Waals surface area contributed by atoms with Gasteiger partial charge in [0.15, 0.2) is 5.60 Å². The van der Waals surface area contributed by atoms with Crippen LogP contribution in [-0.2, 0) is 14.7 Å². The Morgan fingerprint density at radius 3 is 1.50 bits per heavy atom. The first-order valence-corrected chi connectivity index (χ1v) is 12.3. The van der Waals surface area contributed by atoms with E-state index in [9.17, 15) is 14.6 Å². The minimum absolute atomic E-state index is 0.0193. The van der Waals surface area contributed by atoms with Crippen molar-refractivity contribution < 1.29 is 19.1 Å². The molecule has 0 bridgehead atoms. The predicted molar refractivity (Wildman–Crippen MR) is 124 cm³/mol. The number of phenols is 1. The second-order valence-corrected chi connectivity index (χ2v) is 9.67. The van der Waals surface area contributed by atoms with Crippen molar-refractivity contribution in [1.29, 1.82) is 0 Å². The first-order chi connectivity index (χ1) is 13.3. The average Bonchev–Trinajstić information content (AvgIpc) is 2.71. The first-order valence-electron chi connectivity index (χ1n) is 7.89. The molecule has 0 aliphatic rings. The first kappa shape index (κ1) is 22.2. The van der Waals surface area contributed by atoms with E-state index < -0.39 is 13.9 Å². The highest BCUT2D eigenvalue weighted by Crippen LogP contribution is 2.55. The quantitative estimate of drug-likeness (QED) is 0.174. The highest BCUT2D eigenvalue weighted by molar-refractivity contribution is 9.14. The van der Waals surface area contributed by atoms with E-state index in [0.717, 1.165) is 0 Å². The maximum absolute atomic E-state index is 12.1. The van der Waals surface area contributed by atoms with Crippen LogP contribution in [0.25, 0.3) is 0 Å². The Balaban J connectivity index is 2.53. The van der Waals surface area contributed by atoms with E-state index in [2.05, 4.69) is 63.7 Å². The third kappa shape index (κ3) is 3.93. The number of hydrogen-bond donors (Lipinski definition) is 2. The third-order valence-electron chi connectivity index (χ3n) is 4.19. The Bertz CT molecular complexity index is 961. The van der Waals surface area contributed by atoms with E-state index in [1.54, 1.807) is 0 Å². The summed E-state index contributed by atoms with van der Waals surface area (Å²) in [7, 11) is -3.39. The fourth-order valence-corrected chi connectivity index (χ4v) is 6.29. The van der Waals surface area contributed by atoms with Crippen molar-refractivity contribution in [2.45, 2.75) is 5.60 Å². The van der Waals surface area contributed by atoms with Crippen LogP contribution < -0.4 is 0 Å². The SMILES string of the molecule is O=[PH](O)OC(c1ccccc1)(c1ccccc1)c1c(Br)c(Br)c(O)c(Br)c1Br. The van der Waals surface area contributed by atoms with Crippen molar-refractivity contribution >= 4 is 72.0 Å². The largest absolute Gasteiger partial charge is 0.505 e. The molecule has 146 valence electrons. The minimum Gasteiger partial charge on any atom is -0.505 e. The highest BCUT2D eigenvalue weighted by Gasteiger charge is 2.44. The van der Waals surface area contributed by atoms with Crippen LogP contribution in [-0.4, -0.2) is 10.00 Å². The predicted octanol–water partition coefficient (Wildman–Crippen LogP) is 7.13. The molecule has 3 rings (SSSR count). The molecule has 0 aromatic heterocycles. The normalized spacial score (nSPS) is 12.8. The lowest BCUT2D eigenvalue weighted by Gasteiger charge is -2.36. The van der Waals surface area contributed by atoms with Crippen LogP contribution in [0.15, 0.2) is 78.6 Å². The average molecular weight is 656 g/mol. The zero-order valence-corrected chi connectivity index (χ0v) is 21.3. The molecule has 0 heterocycles. The lowest BCUT2D eigenvalue weighted by molar-refractivity contribution is 0.144. The summed E-state index contributed by atoms with van der Waals surface area (Å²) < 4.78 is 19.6. The molecule has 0 spiro atoms. The van der Waals surface area contributed by atoms with Gasteiger partial charge in [-0.1, -0.05) is 60.7 Å². The molecule has 1 atom stereocenters. The van der Waals surface area contributed by atoms with Crippen LogP contribution in [0.1, 0.15) is 16.7 Å². The maximum Gasteiger partial charge on any atom is 0.318 e. The van der Waals surface area contributed by atoms with Crippen molar-refractivity contribution in [2.75, 3.05) is 0 Å². The van der Waals surface area contributed by atoms with Gasteiger partial charge in [0.05, 0.1) is 8.95 Å². The maximum atomic E-state index is 12.1. The Hall–Kier alpha value is -0.470. The molecule has 4 nitrogen and oxygen atoms in total. The van der Waals surface area contributed by atoms with Gasteiger partial charge in [0.2, 0.25) is 0 Å². The number of aromatic hydroxyl groups is 1.